The Labute approximate surface area is 117 Å². The third kappa shape index (κ3) is 4.63. The predicted octanol–water partition coefficient (Wildman–Crippen LogP) is 3.63. The molecule has 0 spiro atoms. The molecule has 2 atom stereocenters. The van der Waals surface area contributed by atoms with E-state index >= 15 is 0 Å². The minimum absolute atomic E-state index is 0.134. The number of hydrogen-bond acceptors (Lipinski definition) is 2. The summed E-state index contributed by atoms with van der Waals surface area (Å²) in [5.41, 5.74) is 2.29. The van der Waals surface area contributed by atoms with Crippen molar-refractivity contribution in [3.8, 4) is 0 Å². The zero-order chi connectivity index (χ0) is 13.5. The second-order valence-corrected chi connectivity index (χ2v) is 5.84. The SMILES string of the molecule is CCC1CCCC(NCc2cccc(CO)c2)CC1. The van der Waals surface area contributed by atoms with Crippen molar-refractivity contribution >= 4 is 0 Å². The Kier molecular flexibility index (Phi) is 5.87. The minimum Gasteiger partial charge on any atom is -0.392 e. The first-order valence-electron chi connectivity index (χ1n) is 7.74. The predicted molar refractivity (Wildman–Crippen MR) is 79.9 cm³/mol. The van der Waals surface area contributed by atoms with Gasteiger partial charge in [0.1, 0.15) is 0 Å². The van der Waals surface area contributed by atoms with Crippen LogP contribution >= 0.6 is 0 Å². The molecular formula is C17H27NO. The lowest BCUT2D eigenvalue weighted by molar-refractivity contribution is 0.281. The first kappa shape index (κ1) is 14.5. The van der Waals surface area contributed by atoms with E-state index in [4.69, 9.17) is 5.11 Å². The van der Waals surface area contributed by atoms with E-state index in [-0.39, 0.29) is 6.61 Å². The summed E-state index contributed by atoms with van der Waals surface area (Å²) in [5.74, 6) is 0.949. The normalized spacial score (nSPS) is 24.1. The molecule has 0 heterocycles. The smallest absolute Gasteiger partial charge is 0.0681 e. The van der Waals surface area contributed by atoms with Crippen LogP contribution in [0.15, 0.2) is 24.3 Å². The fourth-order valence-electron chi connectivity index (χ4n) is 3.09. The molecule has 0 radical (unpaired) electrons. The van der Waals surface area contributed by atoms with Gasteiger partial charge in [-0.25, -0.2) is 0 Å². The van der Waals surface area contributed by atoms with Gasteiger partial charge in [-0.1, -0.05) is 50.5 Å². The van der Waals surface area contributed by atoms with Gasteiger partial charge in [-0.15, -0.1) is 0 Å². The summed E-state index contributed by atoms with van der Waals surface area (Å²) in [7, 11) is 0. The highest BCUT2D eigenvalue weighted by Crippen LogP contribution is 2.25. The summed E-state index contributed by atoms with van der Waals surface area (Å²) in [6.07, 6.45) is 8.13. The third-order valence-corrected chi connectivity index (χ3v) is 4.43. The van der Waals surface area contributed by atoms with E-state index in [1.807, 2.05) is 12.1 Å². The van der Waals surface area contributed by atoms with Gasteiger partial charge >= 0.3 is 0 Å². The monoisotopic (exact) mass is 261 g/mol. The number of benzene rings is 1. The van der Waals surface area contributed by atoms with Crippen molar-refractivity contribution in [3.63, 3.8) is 0 Å². The maximum atomic E-state index is 9.15. The van der Waals surface area contributed by atoms with Gasteiger partial charge in [0.2, 0.25) is 0 Å². The van der Waals surface area contributed by atoms with Crippen molar-refractivity contribution < 1.29 is 5.11 Å². The summed E-state index contributed by atoms with van der Waals surface area (Å²) < 4.78 is 0. The molecule has 0 amide bonds. The van der Waals surface area contributed by atoms with Crippen LogP contribution in [0, 0.1) is 5.92 Å². The number of rotatable bonds is 5. The summed E-state index contributed by atoms with van der Waals surface area (Å²) in [4.78, 5) is 0. The van der Waals surface area contributed by atoms with Crippen LogP contribution in [-0.2, 0) is 13.2 Å². The molecule has 2 N–H and O–H groups in total. The van der Waals surface area contributed by atoms with Crippen LogP contribution in [0.4, 0.5) is 0 Å². The maximum absolute atomic E-state index is 9.15. The highest BCUT2D eigenvalue weighted by atomic mass is 16.3. The Hall–Kier alpha value is -0.860. The molecule has 0 aliphatic heterocycles. The Morgan fingerprint density at radius 2 is 2.00 bits per heavy atom. The first-order chi connectivity index (χ1) is 9.31. The first-order valence-corrected chi connectivity index (χ1v) is 7.74. The van der Waals surface area contributed by atoms with Gasteiger partial charge in [0.05, 0.1) is 6.61 Å². The number of nitrogens with one attached hydrogen (secondary N) is 1. The summed E-state index contributed by atoms with van der Waals surface area (Å²) >= 11 is 0. The van der Waals surface area contributed by atoms with Crippen molar-refractivity contribution in [2.24, 2.45) is 5.92 Å². The molecule has 2 rings (SSSR count). The molecule has 2 unspecified atom stereocenters. The summed E-state index contributed by atoms with van der Waals surface area (Å²) in [6, 6.07) is 8.91. The fraction of sp³-hybridized carbons (Fsp3) is 0.647. The van der Waals surface area contributed by atoms with E-state index in [0.717, 1.165) is 18.0 Å². The van der Waals surface area contributed by atoms with Crippen molar-refractivity contribution in [1.29, 1.82) is 0 Å². The molecule has 0 aromatic heterocycles. The van der Waals surface area contributed by atoms with Crippen molar-refractivity contribution in [1.82, 2.24) is 5.32 Å². The number of aliphatic hydroxyl groups excluding tert-OH is 1. The Bertz CT molecular complexity index is 377. The van der Waals surface area contributed by atoms with Gasteiger partial charge in [0.25, 0.3) is 0 Å². The highest BCUT2D eigenvalue weighted by molar-refractivity contribution is 5.22. The van der Waals surface area contributed by atoms with Gasteiger partial charge in [-0.05, 0) is 36.3 Å². The Morgan fingerprint density at radius 1 is 1.16 bits per heavy atom. The standard InChI is InChI=1S/C17H27NO/c1-2-14-5-4-8-17(10-9-14)18-12-15-6-3-7-16(11-15)13-19/h3,6-7,11,14,17-19H,2,4-5,8-10,12-13H2,1H3. The molecule has 1 aliphatic carbocycles. The second-order valence-electron chi connectivity index (χ2n) is 5.84. The summed E-state index contributed by atoms with van der Waals surface area (Å²) in [6.45, 7) is 3.38. The molecule has 1 aromatic rings. The van der Waals surface area contributed by atoms with Gasteiger partial charge in [0, 0.05) is 12.6 Å². The molecule has 1 fully saturated rings. The number of aliphatic hydroxyl groups is 1. The lowest BCUT2D eigenvalue weighted by Gasteiger charge is -2.17. The van der Waals surface area contributed by atoms with Crippen LogP contribution in [0.2, 0.25) is 0 Å². The van der Waals surface area contributed by atoms with Crippen LogP contribution in [-0.4, -0.2) is 11.1 Å². The average molecular weight is 261 g/mol. The van der Waals surface area contributed by atoms with E-state index in [1.54, 1.807) is 0 Å². The Balaban J connectivity index is 1.81. The van der Waals surface area contributed by atoms with Crippen LogP contribution in [0.25, 0.3) is 0 Å². The average Bonchev–Trinajstić information content (AvgIpc) is 2.70. The molecule has 106 valence electrons. The number of hydrogen-bond donors (Lipinski definition) is 2. The van der Waals surface area contributed by atoms with Crippen LogP contribution in [0.5, 0.6) is 0 Å². The lowest BCUT2D eigenvalue weighted by Crippen LogP contribution is -2.28. The zero-order valence-electron chi connectivity index (χ0n) is 12.1. The molecule has 0 saturated heterocycles. The van der Waals surface area contributed by atoms with Crippen molar-refractivity contribution in [2.75, 3.05) is 0 Å². The fourth-order valence-corrected chi connectivity index (χ4v) is 3.09. The molecule has 0 bridgehead atoms. The molecule has 1 aromatic carbocycles. The van der Waals surface area contributed by atoms with Crippen molar-refractivity contribution in [2.45, 2.75) is 64.6 Å². The highest BCUT2D eigenvalue weighted by Gasteiger charge is 2.17. The molecule has 2 nitrogen and oxygen atoms in total. The van der Waals surface area contributed by atoms with Gasteiger partial charge in [0.15, 0.2) is 0 Å². The minimum atomic E-state index is 0.134. The van der Waals surface area contributed by atoms with Crippen LogP contribution in [0.3, 0.4) is 0 Å². The maximum Gasteiger partial charge on any atom is 0.0681 e. The topological polar surface area (TPSA) is 32.3 Å². The second kappa shape index (κ2) is 7.66. The van der Waals surface area contributed by atoms with Gasteiger partial charge < -0.3 is 10.4 Å². The quantitative estimate of drug-likeness (QED) is 0.793. The Morgan fingerprint density at radius 3 is 2.79 bits per heavy atom. The third-order valence-electron chi connectivity index (χ3n) is 4.43. The molecular weight excluding hydrogens is 234 g/mol. The largest absolute Gasteiger partial charge is 0.392 e. The van der Waals surface area contributed by atoms with E-state index in [2.05, 4.69) is 24.4 Å². The van der Waals surface area contributed by atoms with Gasteiger partial charge in [-0.3, -0.25) is 0 Å². The molecule has 19 heavy (non-hydrogen) atoms. The van der Waals surface area contributed by atoms with Gasteiger partial charge in [-0.2, -0.15) is 0 Å². The molecule has 2 heteroatoms. The van der Waals surface area contributed by atoms with Crippen molar-refractivity contribution in [3.05, 3.63) is 35.4 Å². The summed E-state index contributed by atoms with van der Waals surface area (Å²) in [5, 5.41) is 12.8. The van der Waals surface area contributed by atoms with E-state index in [0.29, 0.717) is 6.04 Å². The van der Waals surface area contributed by atoms with E-state index in [9.17, 15) is 0 Å². The van der Waals surface area contributed by atoms with Crippen LogP contribution in [0.1, 0.15) is 56.6 Å². The van der Waals surface area contributed by atoms with E-state index in [1.165, 1.54) is 44.1 Å². The zero-order valence-corrected chi connectivity index (χ0v) is 12.1. The van der Waals surface area contributed by atoms with Crippen LogP contribution < -0.4 is 5.32 Å². The molecule has 1 saturated carbocycles. The molecule has 1 aliphatic rings. The lowest BCUT2D eigenvalue weighted by atomic mass is 9.98. The van der Waals surface area contributed by atoms with E-state index < -0.39 is 0 Å².